The molecular formula is C22H26N2O4. The van der Waals surface area contributed by atoms with E-state index in [4.69, 9.17) is 9.47 Å². The summed E-state index contributed by atoms with van der Waals surface area (Å²) >= 11 is 0. The van der Waals surface area contributed by atoms with Crippen molar-refractivity contribution < 1.29 is 14.3 Å². The molecule has 1 amide bonds. The highest BCUT2D eigenvalue weighted by molar-refractivity contribution is 5.94. The Bertz CT molecular complexity index is 948. The second kappa shape index (κ2) is 7.70. The van der Waals surface area contributed by atoms with Crippen molar-refractivity contribution in [2.24, 2.45) is 5.92 Å². The number of carbonyl (C=O) groups excluding carboxylic acids is 1. The van der Waals surface area contributed by atoms with E-state index in [0.29, 0.717) is 19.0 Å². The van der Waals surface area contributed by atoms with Crippen LogP contribution in [0.5, 0.6) is 11.5 Å². The van der Waals surface area contributed by atoms with Crippen LogP contribution in [0.15, 0.2) is 29.1 Å². The molecule has 6 heteroatoms. The summed E-state index contributed by atoms with van der Waals surface area (Å²) in [6.07, 6.45) is 3.64. The monoisotopic (exact) mass is 382 g/mol. The van der Waals surface area contributed by atoms with Gasteiger partial charge in [-0.25, -0.2) is 0 Å². The number of hydrogen-bond donors (Lipinski definition) is 2. The lowest BCUT2D eigenvalue weighted by molar-refractivity contribution is 0.0924. The van der Waals surface area contributed by atoms with Crippen LogP contribution in [0.2, 0.25) is 0 Å². The van der Waals surface area contributed by atoms with E-state index < -0.39 is 0 Å². The van der Waals surface area contributed by atoms with Crippen LogP contribution < -0.4 is 20.3 Å². The third-order valence-corrected chi connectivity index (χ3v) is 5.42. The van der Waals surface area contributed by atoms with Gasteiger partial charge in [0.05, 0.1) is 19.3 Å². The van der Waals surface area contributed by atoms with Crippen LogP contribution in [0.4, 0.5) is 0 Å². The van der Waals surface area contributed by atoms with Gasteiger partial charge in [0, 0.05) is 12.1 Å². The normalized spacial score (nSPS) is 16.4. The maximum atomic E-state index is 12.9. The number of benzene rings is 1. The van der Waals surface area contributed by atoms with Gasteiger partial charge in [-0.1, -0.05) is 19.9 Å². The number of carbonyl (C=O) groups is 1. The summed E-state index contributed by atoms with van der Waals surface area (Å²) in [5, 5.41) is 3.05. The van der Waals surface area contributed by atoms with Crippen LogP contribution in [-0.2, 0) is 12.8 Å². The van der Waals surface area contributed by atoms with Gasteiger partial charge in [0.25, 0.3) is 11.5 Å². The number of amides is 1. The molecule has 0 bridgehead atoms. The number of rotatable bonds is 4. The van der Waals surface area contributed by atoms with Gasteiger partial charge in [0.2, 0.25) is 0 Å². The third kappa shape index (κ3) is 3.63. The molecule has 0 spiro atoms. The first kappa shape index (κ1) is 18.6. The molecule has 0 radical (unpaired) electrons. The van der Waals surface area contributed by atoms with Crippen LogP contribution in [0.1, 0.15) is 59.9 Å². The van der Waals surface area contributed by atoms with Crippen LogP contribution in [-0.4, -0.2) is 24.1 Å². The summed E-state index contributed by atoms with van der Waals surface area (Å²) in [6.45, 7) is 5.33. The fourth-order valence-electron chi connectivity index (χ4n) is 3.91. The molecule has 1 aromatic carbocycles. The summed E-state index contributed by atoms with van der Waals surface area (Å²) in [6, 6.07) is 7.28. The number of hydrogen-bond acceptors (Lipinski definition) is 4. The van der Waals surface area contributed by atoms with E-state index in [9.17, 15) is 9.59 Å². The number of nitrogens with one attached hydrogen (secondary N) is 2. The predicted octanol–water partition coefficient (Wildman–Crippen LogP) is 3.15. The molecule has 1 aliphatic heterocycles. The van der Waals surface area contributed by atoms with Crippen molar-refractivity contribution in [2.45, 2.75) is 45.6 Å². The fourth-order valence-corrected chi connectivity index (χ4v) is 3.91. The minimum Gasteiger partial charge on any atom is -0.490 e. The van der Waals surface area contributed by atoms with Crippen LogP contribution >= 0.6 is 0 Å². The molecule has 28 heavy (non-hydrogen) atoms. The van der Waals surface area contributed by atoms with Gasteiger partial charge in [-0.05, 0) is 54.5 Å². The lowest BCUT2D eigenvalue weighted by atomic mass is 9.95. The topological polar surface area (TPSA) is 80.4 Å². The van der Waals surface area contributed by atoms with Gasteiger partial charge in [0.1, 0.15) is 5.56 Å². The zero-order valence-corrected chi connectivity index (χ0v) is 16.3. The highest BCUT2D eigenvalue weighted by Crippen LogP contribution is 2.34. The van der Waals surface area contributed by atoms with E-state index in [0.717, 1.165) is 48.3 Å². The molecule has 4 rings (SSSR count). The molecule has 0 unspecified atom stereocenters. The SMILES string of the molecule is CC(C)[C@H](NC(=O)c1cc2c([nH]c1=O)CCC2)c1ccc2c(c1)OCCCO2. The largest absolute Gasteiger partial charge is 0.490 e. The van der Waals surface area contributed by atoms with Gasteiger partial charge >= 0.3 is 0 Å². The summed E-state index contributed by atoms with van der Waals surface area (Å²) in [5.74, 6) is 1.22. The van der Waals surface area contributed by atoms with Gasteiger partial charge in [-0.3, -0.25) is 9.59 Å². The number of fused-ring (bicyclic) bond motifs is 2. The Kier molecular flexibility index (Phi) is 5.11. The molecule has 1 aromatic heterocycles. The molecule has 148 valence electrons. The molecule has 0 saturated carbocycles. The lowest BCUT2D eigenvalue weighted by Crippen LogP contribution is -2.35. The van der Waals surface area contributed by atoms with Gasteiger partial charge in [-0.2, -0.15) is 0 Å². The Morgan fingerprint density at radius 1 is 1.07 bits per heavy atom. The first-order valence-corrected chi connectivity index (χ1v) is 9.98. The maximum Gasteiger partial charge on any atom is 0.261 e. The molecular weight excluding hydrogens is 356 g/mol. The first-order chi connectivity index (χ1) is 13.5. The number of aryl methyl sites for hydroxylation is 2. The summed E-state index contributed by atoms with van der Waals surface area (Å²) in [4.78, 5) is 28.2. The predicted molar refractivity (Wildman–Crippen MR) is 106 cm³/mol. The number of aromatic amines is 1. The fraction of sp³-hybridized carbons (Fsp3) is 0.455. The molecule has 2 N–H and O–H groups in total. The molecule has 6 nitrogen and oxygen atoms in total. The Balaban J connectivity index is 1.60. The standard InChI is InChI=1S/C22H26N2O4/c1-13(2)20(15-7-8-18-19(12-15)28-10-4-9-27-18)24-22(26)16-11-14-5-3-6-17(14)23-21(16)25/h7-8,11-13,20H,3-6,9-10H2,1-2H3,(H,23,25)(H,24,26)/t20-/m0/s1. The Hall–Kier alpha value is -2.76. The van der Waals surface area contributed by atoms with E-state index in [2.05, 4.69) is 10.3 Å². The molecule has 2 heterocycles. The molecule has 2 aliphatic rings. The molecule has 1 atom stereocenters. The van der Waals surface area contributed by atoms with Crippen LogP contribution in [0, 0.1) is 5.92 Å². The van der Waals surface area contributed by atoms with Crippen molar-refractivity contribution in [3.63, 3.8) is 0 Å². The van der Waals surface area contributed by atoms with Crippen molar-refractivity contribution in [2.75, 3.05) is 13.2 Å². The van der Waals surface area contributed by atoms with E-state index in [1.165, 1.54) is 0 Å². The highest BCUT2D eigenvalue weighted by Gasteiger charge is 2.24. The average Bonchev–Trinajstić information content (AvgIpc) is 2.99. The summed E-state index contributed by atoms with van der Waals surface area (Å²) in [7, 11) is 0. The van der Waals surface area contributed by atoms with E-state index in [1.54, 1.807) is 6.07 Å². The molecule has 0 saturated heterocycles. The quantitative estimate of drug-likeness (QED) is 0.851. The zero-order valence-electron chi connectivity index (χ0n) is 16.3. The molecule has 0 fully saturated rings. The highest BCUT2D eigenvalue weighted by atomic mass is 16.5. The van der Waals surface area contributed by atoms with Crippen LogP contribution in [0.3, 0.4) is 0 Å². The number of H-pyrrole nitrogens is 1. The van der Waals surface area contributed by atoms with Gasteiger partial charge in [-0.15, -0.1) is 0 Å². The number of aromatic nitrogens is 1. The second-order valence-electron chi connectivity index (χ2n) is 7.82. The van der Waals surface area contributed by atoms with E-state index in [-0.39, 0.29) is 29.0 Å². The van der Waals surface area contributed by atoms with Crippen molar-refractivity contribution in [1.29, 1.82) is 0 Å². The maximum absolute atomic E-state index is 12.9. The zero-order chi connectivity index (χ0) is 19.7. The van der Waals surface area contributed by atoms with Crippen molar-refractivity contribution in [1.82, 2.24) is 10.3 Å². The Morgan fingerprint density at radius 2 is 1.86 bits per heavy atom. The lowest BCUT2D eigenvalue weighted by Gasteiger charge is -2.24. The van der Waals surface area contributed by atoms with Crippen molar-refractivity contribution in [3.05, 3.63) is 57.0 Å². The minimum atomic E-state index is -0.346. The third-order valence-electron chi connectivity index (χ3n) is 5.42. The number of ether oxygens (including phenoxy) is 2. The van der Waals surface area contributed by atoms with E-state index >= 15 is 0 Å². The van der Waals surface area contributed by atoms with Crippen LogP contribution in [0.25, 0.3) is 0 Å². The van der Waals surface area contributed by atoms with Crippen molar-refractivity contribution in [3.8, 4) is 11.5 Å². The average molecular weight is 382 g/mol. The Labute approximate surface area is 164 Å². The van der Waals surface area contributed by atoms with Gasteiger partial charge in [0.15, 0.2) is 11.5 Å². The summed E-state index contributed by atoms with van der Waals surface area (Å²) in [5.41, 5.74) is 2.83. The summed E-state index contributed by atoms with van der Waals surface area (Å²) < 4.78 is 11.5. The first-order valence-electron chi connectivity index (χ1n) is 9.98. The van der Waals surface area contributed by atoms with Crippen molar-refractivity contribution >= 4 is 5.91 Å². The molecule has 2 aromatic rings. The smallest absolute Gasteiger partial charge is 0.261 e. The Morgan fingerprint density at radius 3 is 2.64 bits per heavy atom. The van der Waals surface area contributed by atoms with E-state index in [1.807, 2.05) is 32.0 Å². The number of pyridine rings is 1. The second-order valence-corrected chi connectivity index (χ2v) is 7.82. The minimum absolute atomic E-state index is 0.141. The molecule has 1 aliphatic carbocycles. The van der Waals surface area contributed by atoms with Gasteiger partial charge < -0.3 is 19.8 Å².